The van der Waals surface area contributed by atoms with E-state index in [0.29, 0.717) is 0 Å². The third kappa shape index (κ3) is 1.90. The first-order valence-electron chi connectivity index (χ1n) is 10.3. The largest absolute Gasteiger partial charge is 0.469 e. The monoisotopic (exact) mass is 382 g/mol. The average Bonchev–Trinajstić information content (AvgIpc) is 3.13. The zero-order valence-electron chi connectivity index (χ0n) is 17.1. The summed E-state index contributed by atoms with van der Waals surface area (Å²) in [5, 5.41) is 0. The maximum Gasteiger partial charge on any atom is 0.310 e. The number of carbonyl (C=O) groups is 1. The van der Waals surface area contributed by atoms with Gasteiger partial charge in [0.05, 0.1) is 13.0 Å². The molecule has 0 unspecified atom stereocenters. The van der Waals surface area contributed by atoms with Crippen molar-refractivity contribution in [2.45, 2.75) is 30.6 Å². The van der Waals surface area contributed by atoms with Gasteiger partial charge in [0.2, 0.25) is 0 Å². The van der Waals surface area contributed by atoms with E-state index in [1.165, 1.54) is 23.8 Å². The summed E-state index contributed by atoms with van der Waals surface area (Å²) in [6.45, 7) is 4.65. The third-order valence-corrected chi connectivity index (χ3v) is 7.87. The zero-order chi connectivity index (χ0) is 20.3. The Morgan fingerprint density at radius 2 is 1.17 bits per heavy atom. The number of methoxy groups -OCH3 is 1. The molecule has 0 spiro atoms. The van der Waals surface area contributed by atoms with Crippen molar-refractivity contribution in [3.8, 4) is 0 Å². The summed E-state index contributed by atoms with van der Waals surface area (Å²) in [7, 11) is 1.51. The van der Waals surface area contributed by atoms with Crippen molar-refractivity contribution in [1.29, 1.82) is 0 Å². The Labute approximate surface area is 172 Å². The molecule has 0 saturated heterocycles. The van der Waals surface area contributed by atoms with Gasteiger partial charge in [0.15, 0.2) is 0 Å². The second-order valence-electron chi connectivity index (χ2n) is 8.86. The van der Waals surface area contributed by atoms with Crippen LogP contribution in [0, 0.1) is 11.3 Å². The molecule has 4 atom stereocenters. The highest BCUT2D eigenvalue weighted by Crippen LogP contribution is 2.94. The van der Waals surface area contributed by atoms with Gasteiger partial charge in [0.25, 0.3) is 0 Å². The van der Waals surface area contributed by atoms with Crippen molar-refractivity contribution in [2.75, 3.05) is 7.11 Å². The van der Waals surface area contributed by atoms with Gasteiger partial charge >= 0.3 is 5.97 Å². The summed E-state index contributed by atoms with van der Waals surface area (Å²) in [4.78, 5) is 13.2. The first-order valence-corrected chi connectivity index (χ1v) is 10.3. The van der Waals surface area contributed by atoms with E-state index in [0.717, 1.165) is 0 Å². The van der Waals surface area contributed by atoms with Crippen molar-refractivity contribution in [3.05, 3.63) is 108 Å². The molecule has 146 valence electrons. The molecule has 29 heavy (non-hydrogen) atoms. The third-order valence-electron chi connectivity index (χ3n) is 7.87. The molecular formula is C27H26O2. The van der Waals surface area contributed by atoms with Crippen LogP contribution in [0.1, 0.15) is 36.5 Å². The van der Waals surface area contributed by atoms with Gasteiger partial charge in [-0.2, -0.15) is 0 Å². The van der Waals surface area contributed by atoms with Gasteiger partial charge in [-0.15, -0.1) is 0 Å². The molecule has 0 aromatic heterocycles. The van der Waals surface area contributed by atoms with E-state index in [1.54, 1.807) is 0 Å². The Morgan fingerprint density at radius 3 is 1.66 bits per heavy atom. The second-order valence-corrected chi connectivity index (χ2v) is 8.86. The molecule has 2 nitrogen and oxygen atoms in total. The first kappa shape index (κ1) is 18.2. The molecule has 2 fully saturated rings. The van der Waals surface area contributed by atoms with Crippen molar-refractivity contribution in [2.24, 2.45) is 11.3 Å². The minimum absolute atomic E-state index is 0.0776. The predicted octanol–water partition coefficient (Wildman–Crippen LogP) is 5.49. The highest BCUT2D eigenvalue weighted by molar-refractivity contribution is 5.86. The Balaban J connectivity index is 1.82. The lowest BCUT2D eigenvalue weighted by atomic mass is 9.51. The molecular weight excluding hydrogens is 356 g/mol. The number of ether oxygens (including phenoxy) is 1. The van der Waals surface area contributed by atoms with Crippen LogP contribution >= 0.6 is 0 Å². The van der Waals surface area contributed by atoms with Gasteiger partial charge in [0.1, 0.15) is 0 Å². The number of carbonyl (C=O) groups excluding carboxylic acids is 1. The number of hydrogen-bond acceptors (Lipinski definition) is 2. The Morgan fingerprint density at radius 1 is 0.724 bits per heavy atom. The Kier molecular flexibility index (Phi) is 3.80. The van der Waals surface area contributed by atoms with E-state index >= 15 is 0 Å². The second kappa shape index (κ2) is 6.06. The van der Waals surface area contributed by atoms with Crippen molar-refractivity contribution >= 4 is 5.97 Å². The number of fused-ring (bicyclic) bond motifs is 1. The minimum atomic E-state index is -0.282. The van der Waals surface area contributed by atoms with E-state index in [1.807, 2.05) is 12.1 Å². The van der Waals surface area contributed by atoms with Gasteiger partial charge in [-0.25, -0.2) is 0 Å². The molecule has 0 amide bonds. The van der Waals surface area contributed by atoms with E-state index in [4.69, 9.17) is 4.74 Å². The van der Waals surface area contributed by atoms with Crippen LogP contribution in [0.5, 0.6) is 0 Å². The number of rotatable bonds is 4. The molecule has 3 aromatic carbocycles. The molecule has 0 aliphatic heterocycles. The molecule has 2 saturated carbocycles. The molecule has 5 rings (SSSR count). The van der Waals surface area contributed by atoms with Gasteiger partial charge in [-0.3, -0.25) is 4.79 Å². The van der Waals surface area contributed by atoms with E-state index in [2.05, 4.69) is 92.7 Å². The molecule has 0 bridgehead atoms. The average molecular weight is 383 g/mol. The standard InChI is InChI=1S/C27H26O2/c1-25(2)26(20-15-9-5-10-16-20)22(19-13-7-4-8-14-19)23(24(28)29-3)27(25,26)21-17-11-6-12-18-21/h4-18,22-23H,1-3H3/t22-,23-,26-,27-/m0/s1. The lowest BCUT2D eigenvalue weighted by Crippen LogP contribution is -2.54. The summed E-state index contributed by atoms with van der Waals surface area (Å²) >= 11 is 0. The van der Waals surface area contributed by atoms with Gasteiger partial charge < -0.3 is 4.74 Å². The number of benzene rings is 3. The van der Waals surface area contributed by atoms with Crippen LogP contribution in [0.15, 0.2) is 91.0 Å². The highest BCUT2D eigenvalue weighted by Gasteiger charge is 2.97. The fraction of sp³-hybridized carbons (Fsp3) is 0.296. The maximum absolute atomic E-state index is 13.2. The summed E-state index contributed by atoms with van der Waals surface area (Å²) in [5.41, 5.74) is 3.23. The first-order chi connectivity index (χ1) is 14.0. The predicted molar refractivity (Wildman–Crippen MR) is 115 cm³/mol. The van der Waals surface area contributed by atoms with Crippen LogP contribution in [0.25, 0.3) is 0 Å². The normalized spacial score (nSPS) is 31.3. The van der Waals surface area contributed by atoms with Crippen LogP contribution in [-0.4, -0.2) is 13.1 Å². The van der Waals surface area contributed by atoms with Crippen molar-refractivity contribution in [1.82, 2.24) is 0 Å². The van der Waals surface area contributed by atoms with Gasteiger partial charge in [0, 0.05) is 16.7 Å². The number of esters is 1. The topological polar surface area (TPSA) is 26.3 Å². The smallest absolute Gasteiger partial charge is 0.310 e. The quantitative estimate of drug-likeness (QED) is 0.558. The summed E-state index contributed by atoms with van der Waals surface area (Å²) < 4.78 is 5.38. The maximum atomic E-state index is 13.2. The van der Waals surface area contributed by atoms with E-state index in [-0.39, 0.29) is 34.1 Å². The number of hydrogen-bond donors (Lipinski definition) is 0. The van der Waals surface area contributed by atoms with Crippen LogP contribution in [0.3, 0.4) is 0 Å². The molecule has 2 aliphatic carbocycles. The fourth-order valence-electron chi connectivity index (χ4n) is 7.10. The lowest BCUT2D eigenvalue weighted by molar-refractivity contribution is -0.152. The summed E-state index contributed by atoms with van der Waals surface area (Å²) in [5.74, 6) is -0.249. The van der Waals surface area contributed by atoms with E-state index < -0.39 is 0 Å². The van der Waals surface area contributed by atoms with Crippen LogP contribution in [0.2, 0.25) is 0 Å². The van der Waals surface area contributed by atoms with Crippen LogP contribution < -0.4 is 0 Å². The summed E-state index contributed by atoms with van der Waals surface area (Å²) in [6, 6.07) is 31.8. The minimum Gasteiger partial charge on any atom is -0.469 e. The Bertz CT molecular complexity index is 1040. The fourth-order valence-corrected chi connectivity index (χ4v) is 7.10. The highest BCUT2D eigenvalue weighted by atomic mass is 16.5. The van der Waals surface area contributed by atoms with Crippen molar-refractivity contribution in [3.63, 3.8) is 0 Å². The van der Waals surface area contributed by atoms with E-state index in [9.17, 15) is 4.79 Å². The van der Waals surface area contributed by atoms with Crippen molar-refractivity contribution < 1.29 is 9.53 Å². The molecule has 2 aliphatic rings. The van der Waals surface area contributed by atoms with Crippen LogP contribution in [-0.2, 0) is 20.4 Å². The Hall–Kier alpha value is -2.87. The van der Waals surface area contributed by atoms with Crippen LogP contribution in [0.4, 0.5) is 0 Å². The van der Waals surface area contributed by atoms with Gasteiger partial charge in [-0.1, -0.05) is 105 Å². The SMILES string of the molecule is COC(=O)[C@@H]1[C@H](c2ccccc2)[C@@]2(c3ccccc3)C(C)(C)[C@]12c1ccccc1. The molecule has 0 N–H and O–H groups in total. The summed E-state index contributed by atoms with van der Waals surface area (Å²) in [6.07, 6.45) is 0. The molecule has 2 heteroatoms. The molecule has 0 radical (unpaired) electrons. The van der Waals surface area contributed by atoms with Gasteiger partial charge in [-0.05, 0) is 22.1 Å². The molecule has 3 aromatic rings. The lowest BCUT2D eigenvalue weighted by Gasteiger charge is -2.50. The zero-order valence-corrected chi connectivity index (χ0v) is 17.1. The molecule has 0 heterocycles.